The molecule has 114 valence electrons. The molecular weight excluding hydrogens is 270 g/mol. The number of nitrogens with zero attached hydrogens (tertiary/aromatic N) is 1. The van der Waals surface area contributed by atoms with Gasteiger partial charge in [0.05, 0.1) is 19.4 Å². The van der Waals surface area contributed by atoms with Crippen molar-refractivity contribution in [3.05, 3.63) is 29.8 Å². The fraction of sp³-hybridized carbons (Fsp3) is 0.500. The Morgan fingerprint density at radius 1 is 1.33 bits per heavy atom. The van der Waals surface area contributed by atoms with Crippen LogP contribution < -0.4 is 4.74 Å². The lowest BCUT2D eigenvalue weighted by molar-refractivity contribution is -0.146. The van der Waals surface area contributed by atoms with E-state index in [0.29, 0.717) is 25.3 Å². The van der Waals surface area contributed by atoms with Crippen molar-refractivity contribution in [2.75, 3.05) is 20.2 Å². The first-order valence-electron chi connectivity index (χ1n) is 7.13. The maximum atomic E-state index is 12.4. The number of carboxylic acids is 1. The minimum Gasteiger partial charge on any atom is -0.496 e. The van der Waals surface area contributed by atoms with E-state index in [-0.39, 0.29) is 18.2 Å². The van der Waals surface area contributed by atoms with Gasteiger partial charge in [-0.05, 0) is 18.4 Å². The molecule has 5 heteroatoms. The smallest absolute Gasteiger partial charge is 0.308 e. The molecule has 1 fully saturated rings. The van der Waals surface area contributed by atoms with Gasteiger partial charge in [-0.25, -0.2) is 0 Å². The van der Waals surface area contributed by atoms with Crippen LogP contribution >= 0.6 is 0 Å². The van der Waals surface area contributed by atoms with E-state index in [1.165, 1.54) is 0 Å². The van der Waals surface area contributed by atoms with Crippen molar-refractivity contribution >= 4 is 11.9 Å². The van der Waals surface area contributed by atoms with Crippen molar-refractivity contribution in [3.63, 3.8) is 0 Å². The number of methoxy groups -OCH3 is 1. The van der Waals surface area contributed by atoms with Crippen LogP contribution in [-0.4, -0.2) is 42.1 Å². The van der Waals surface area contributed by atoms with Crippen LogP contribution in [0.4, 0.5) is 0 Å². The summed E-state index contributed by atoms with van der Waals surface area (Å²) in [5.74, 6) is -0.434. The lowest BCUT2D eigenvalue weighted by Crippen LogP contribution is -2.46. The second kappa shape index (κ2) is 6.61. The number of likely N-dealkylation sites (tertiary alicyclic amines) is 1. The monoisotopic (exact) mass is 291 g/mol. The number of carbonyl (C=O) groups excluding carboxylic acids is 1. The molecule has 1 saturated heterocycles. The van der Waals surface area contributed by atoms with Crippen LogP contribution in [-0.2, 0) is 16.0 Å². The van der Waals surface area contributed by atoms with Gasteiger partial charge in [0, 0.05) is 18.7 Å². The second-order valence-corrected chi connectivity index (χ2v) is 5.66. The SMILES string of the molecule is COc1ccccc1CC(=O)N1CC(C)CC(C(=O)O)C1. The van der Waals surface area contributed by atoms with Crippen molar-refractivity contribution in [1.82, 2.24) is 4.90 Å². The van der Waals surface area contributed by atoms with Gasteiger partial charge < -0.3 is 14.7 Å². The molecule has 2 rings (SSSR count). The second-order valence-electron chi connectivity index (χ2n) is 5.66. The molecule has 5 nitrogen and oxygen atoms in total. The highest BCUT2D eigenvalue weighted by molar-refractivity contribution is 5.80. The standard InChI is InChI=1S/C16H21NO4/c1-11-7-13(16(19)20)10-17(9-11)15(18)8-12-5-3-4-6-14(12)21-2/h3-6,11,13H,7-10H2,1-2H3,(H,19,20). The Morgan fingerprint density at radius 3 is 2.71 bits per heavy atom. The Bertz CT molecular complexity index is 529. The van der Waals surface area contributed by atoms with Gasteiger partial charge in [-0.3, -0.25) is 9.59 Å². The number of benzene rings is 1. The number of rotatable bonds is 4. The molecule has 2 unspecified atom stereocenters. The normalized spacial score (nSPS) is 21.9. The summed E-state index contributed by atoms with van der Waals surface area (Å²) in [6.07, 6.45) is 0.872. The maximum absolute atomic E-state index is 12.4. The average Bonchev–Trinajstić information content (AvgIpc) is 2.47. The van der Waals surface area contributed by atoms with Crippen molar-refractivity contribution in [1.29, 1.82) is 0 Å². The van der Waals surface area contributed by atoms with E-state index in [1.54, 1.807) is 12.0 Å². The predicted molar refractivity (Wildman–Crippen MR) is 78.2 cm³/mol. The van der Waals surface area contributed by atoms with E-state index in [1.807, 2.05) is 31.2 Å². The summed E-state index contributed by atoms with van der Waals surface area (Å²) < 4.78 is 5.25. The van der Waals surface area contributed by atoms with Gasteiger partial charge in [0.25, 0.3) is 0 Å². The zero-order valence-electron chi connectivity index (χ0n) is 12.4. The number of amides is 1. The molecule has 0 spiro atoms. The van der Waals surface area contributed by atoms with Gasteiger partial charge in [0.2, 0.25) is 5.91 Å². The fourth-order valence-electron chi connectivity index (χ4n) is 2.86. The first kappa shape index (κ1) is 15.4. The third-order valence-electron chi connectivity index (χ3n) is 3.90. The van der Waals surface area contributed by atoms with Gasteiger partial charge in [-0.1, -0.05) is 25.1 Å². The Hall–Kier alpha value is -2.04. The summed E-state index contributed by atoms with van der Waals surface area (Å²) in [6, 6.07) is 7.40. The Morgan fingerprint density at radius 2 is 2.05 bits per heavy atom. The molecule has 1 amide bonds. The first-order chi connectivity index (χ1) is 10.0. The number of aliphatic carboxylic acids is 1. The van der Waals surface area contributed by atoms with Crippen molar-refractivity contribution in [2.24, 2.45) is 11.8 Å². The quantitative estimate of drug-likeness (QED) is 0.918. The third kappa shape index (κ3) is 3.74. The minimum atomic E-state index is -0.823. The van der Waals surface area contributed by atoms with E-state index in [4.69, 9.17) is 9.84 Å². The van der Waals surface area contributed by atoms with Crippen LogP contribution in [0.5, 0.6) is 5.75 Å². The molecule has 0 aromatic heterocycles. The molecule has 21 heavy (non-hydrogen) atoms. The molecule has 2 atom stereocenters. The van der Waals surface area contributed by atoms with Gasteiger partial charge in [0.15, 0.2) is 0 Å². The number of piperidine rings is 1. The summed E-state index contributed by atoms with van der Waals surface area (Å²) in [6.45, 7) is 2.91. The van der Waals surface area contributed by atoms with E-state index in [9.17, 15) is 9.59 Å². The first-order valence-corrected chi connectivity index (χ1v) is 7.13. The molecule has 0 radical (unpaired) electrons. The van der Waals surface area contributed by atoms with Gasteiger partial charge in [0.1, 0.15) is 5.75 Å². The number of hydrogen-bond acceptors (Lipinski definition) is 3. The largest absolute Gasteiger partial charge is 0.496 e. The zero-order chi connectivity index (χ0) is 15.4. The number of carbonyl (C=O) groups is 2. The molecule has 1 N–H and O–H groups in total. The molecule has 1 aliphatic heterocycles. The van der Waals surface area contributed by atoms with Crippen LogP contribution in [0, 0.1) is 11.8 Å². The van der Waals surface area contributed by atoms with Crippen LogP contribution in [0.15, 0.2) is 24.3 Å². The van der Waals surface area contributed by atoms with Crippen LogP contribution in [0.1, 0.15) is 18.9 Å². The van der Waals surface area contributed by atoms with Crippen molar-refractivity contribution in [3.8, 4) is 5.75 Å². The van der Waals surface area contributed by atoms with E-state index < -0.39 is 11.9 Å². The van der Waals surface area contributed by atoms with Crippen LogP contribution in [0.25, 0.3) is 0 Å². The summed E-state index contributed by atoms with van der Waals surface area (Å²) in [4.78, 5) is 25.3. The highest BCUT2D eigenvalue weighted by Gasteiger charge is 2.31. The third-order valence-corrected chi connectivity index (χ3v) is 3.90. The van der Waals surface area contributed by atoms with Gasteiger partial charge in [-0.15, -0.1) is 0 Å². The van der Waals surface area contributed by atoms with Gasteiger partial charge >= 0.3 is 5.97 Å². The molecule has 0 saturated carbocycles. The Balaban J connectivity index is 2.07. The lowest BCUT2D eigenvalue weighted by atomic mass is 9.90. The molecule has 0 bridgehead atoms. The van der Waals surface area contributed by atoms with Crippen molar-refractivity contribution < 1.29 is 19.4 Å². The molecule has 1 aromatic rings. The summed E-state index contributed by atoms with van der Waals surface area (Å²) >= 11 is 0. The molecule has 0 aliphatic carbocycles. The summed E-state index contributed by atoms with van der Waals surface area (Å²) in [5, 5.41) is 9.17. The zero-order valence-corrected chi connectivity index (χ0v) is 12.4. The Kier molecular flexibility index (Phi) is 4.83. The lowest BCUT2D eigenvalue weighted by Gasteiger charge is -2.34. The van der Waals surface area contributed by atoms with E-state index >= 15 is 0 Å². The predicted octanol–water partition coefficient (Wildman–Crippen LogP) is 1.81. The van der Waals surface area contributed by atoms with E-state index in [0.717, 1.165) is 5.56 Å². The topological polar surface area (TPSA) is 66.8 Å². The minimum absolute atomic E-state index is 0.0442. The highest BCUT2D eigenvalue weighted by atomic mass is 16.5. The van der Waals surface area contributed by atoms with Crippen molar-refractivity contribution in [2.45, 2.75) is 19.8 Å². The number of hydrogen-bond donors (Lipinski definition) is 1. The number of carboxylic acid groups (broad SMARTS) is 1. The maximum Gasteiger partial charge on any atom is 0.308 e. The summed E-state index contributed by atoms with van der Waals surface area (Å²) in [5.41, 5.74) is 0.829. The Labute approximate surface area is 124 Å². The van der Waals surface area contributed by atoms with E-state index in [2.05, 4.69) is 0 Å². The molecule has 1 aromatic carbocycles. The average molecular weight is 291 g/mol. The molecule has 1 aliphatic rings. The molecule has 1 heterocycles. The van der Waals surface area contributed by atoms with Crippen LogP contribution in [0.3, 0.4) is 0 Å². The highest BCUT2D eigenvalue weighted by Crippen LogP contribution is 2.24. The molecular formula is C16H21NO4. The number of para-hydroxylation sites is 1. The number of ether oxygens (including phenoxy) is 1. The fourth-order valence-corrected chi connectivity index (χ4v) is 2.86. The van der Waals surface area contributed by atoms with Gasteiger partial charge in [-0.2, -0.15) is 0 Å². The van der Waals surface area contributed by atoms with Crippen LogP contribution in [0.2, 0.25) is 0 Å². The summed E-state index contributed by atoms with van der Waals surface area (Å²) in [7, 11) is 1.58.